The van der Waals surface area contributed by atoms with Crippen LogP contribution < -0.4 is 10.4 Å². The number of benzene rings is 3. The molecule has 3 aromatic rings. The molecule has 0 fully saturated rings. The first kappa shape index (κ1) is 19.1. The second-order valence-electron chi connectivity index (χ2n) is 7.75. The summed E-state index contributed by atoms with van der Waals surface area (Å²) >= 11 is 0. The van der Waals surface area contributed by atoms with Gasteiger partial charge in [-0.3, -0.25) is 10.2 Å². The lowest BCUT2D eigenvalue weighted by atomic mass is 10.0. The Morgan fingerprint density at radius 2 is 1.81 bits per heavy atom. The molecule has 1 aliphatic carbocycles. The molecular weight excluding hydrogens is 388 g/mol. The van der Waals surface area contributed by atoms with Gasteiger partial charge in [0.15, 0.2) is 5.71 Å². The van der Waals surface area contributed by atoms with E-state index in [2.05, 4.69) is 21.7 Å². The highest BCUT2D eigenvalue weighted by atomic mass is 16.3. The molecule has 2 N–H and O–H groups in total. The fourth-order valence-electron chi connectivity index (χ4n) is 4.09. The lowest BCUT2D eigenvalue weighted by molar-refractivity contribution is -0.112. The lowest BCUT2D eigenvalue weighted by Gasteiger charge is -2.13. The van der Waals surface area contributed by atoms with Crippen LogP contribution in [0.2, 0.25) is 0 Å². The third kappa shape index (κ3) is 3.46. The van der Waals surface area contributed by atoms with Gasteiger partial charge in [0.05, 0.1) is 17.1 Å². The molecule has 154 valence electrons. The number of hydrazone groups is 2. The second kappa shape index (κ2) is 7.72. The summed E-state index contributed by atoms with van der Waals surface area (Å²) in [5.74, 6) is -0.213. The summed E-state index contributed by atoms with van der Waals surface area (Å²) in [6, 6.07) is 21.1. The van der Waals surface area contributed by atoms with Gasteiger partial charge in [0, 0.05) is 5.56 Å². The number of hydrogen-bond acceptors (Lipinski definition) is 5. The molecule has 0 bridgehead atoms. The van der Waals surface area contributed by atoms with Gasteiger partial charge in [0.25, 0.3) is 0 Å². The number of phenols is 1. The fourth-order valence-corrected chi connectivity index (χ4v) is 4.09. The molecule has 0 saturated carbocycles. The van der Waals surface area contributed by atoms with Crippen molar-refractivity contribution in [2.45, 2.75) is 26.2 Å². The van der Waals surface area contributed by atoms with Gasteiger partial charge in [0.2, 0.25) is 0 Å². The number of rotatable bonds is 4. The zero-order valence-electron chi connectivity index (χ0n) is 17.2. The maximum absolute atomic E-state index is 13.0. The number of aromatic hydroxyl groups is 1. The molecule has 0 spiro atoms. The Kier molecular flexibility index (Phi) is 4.75. The van der Waals surface area contributed by atoms with E-state index >= 15 is 0 Å². The Balaban J connectivity index is 1.40. The Morgan fingerprint density at radius 1 is 1.00 bits per heavy atom. The number of carbonyl (C=O) groups is 1. The van der Waals surface area contributed by atoms with E-state index in [1.54, 1.807) is 13.0 Å². The molecule has 0 radical (unpaired) electrons. The van der Waals surface area contributed by atoms with Crippen LogP contribution in [0.1, 0.15) is 24.5 Å². The van der Waals surface area contributed by atoms with Gasteiger partial charge in [-0.25, -0.2) is 0 Å². The lowest BCUT2D eigenvalue weighted by Crippen LogP contribution is -2.28. The predicted octanol–water partition coefficient (Wildman–Crippen LogP) is 4.74. The van der Waals surface area contributed by atoms with E-state index in [1.807, 2.05) is 54.6 Å². The van der Waals surface area contributed by atoms with Gasteiger partial charge in [0.1, 0.15) is 5.75 Å². The van der Waals surface area contributed by atoms with Crippen LogP contribution in [0.4, 0.5) is 11.4 Å². The normalized spacial score (nSPS) is 16.5. The monoisotopic (exact) mass is 410 g/mol. The predicted molar refractivity (Wildman–Crippen MR) is 124 cm³/mol. The molecule has 0 aromatic heterocycles. The summed E-state index contributed by atoms with van der Waals surface area (Å²) in [5, 5.41) is 20.8. The maximum atomic E-state index is 13.0. The second-order valence-corrected chi connectivity index (χ2v) is 7.75. The van der Waals surface area contributed by atoms with Crippen molar-refractivity contribution in [2.75, 3.05) is 10.4 Å². The Bertz CT molecular complexity index is 1230. The highest BCUT2D eigenvalue weighted by Gasteiger charge is 2.31. The van der Waals surface area contributed by atoms with Crippen molar-refractivity contribution in [3.05, 3.63) is 77.9 Å². The SMILES string of the molecule is CC1=NN(c2ccc3c(c2)CCC3)C(=O)/C1=N\Nc1cccc(-c2ccccc2)c1O. The van der Waals surface area contributed by atoms with Crippen LogP contribution in [0.25, 0.3) is 11.1 Å². The van der Waals surface area contributed by atoms with Crippen LogP contribution >= 0.6 is 0 Å². The minimum atomic E-state index is -0.290. The summed E-state index contributed by atoms with van der Waals surface area (Å²) in [6.07, 6.45) is 3.28. The topological polar surface area (TPSA) is 77.3 Å². The van der Waals surface area contributed by atoms with Crippen LogP contribution in [-0.4, -0.2) is 22.4 Å². The molecule has 5 rings (SSSR count). The average molecular weight is 410 g/mol. The highest BCUT2D eigenvalue weighted by molar-refractivity contribution is 6.71. The number of anilines is 2. The average Bonchev–Trinajstić information content (AvgIpc) is 3.37. The number of nitrogens with one attached hydrogen (secondary N) is 1. The summed E-state index contributed by atoms with van der Waals surface area (Å²) in [5.41, 5.74) is 8.99. The number of carbonyl (C=O) groups excluding carboxylic acids is 1. The number of hydrogen-bond donors (Lipinski definition) is 2. The molecule has 6 nitrogen and oxygen atoms in total. The molecule has 6 heteroatoms. The van der Waals surface area contributed by atoms with Crippen molar-refractivity contribution in [1.82, 2.24) is 0 Å². The molecule has 0 unspecified atom stereocenters. The first-order chi connectivity index (χ1) is 15.1. The van der Waals surface area contributed by atoms with Crippen molar-refractivity contribution in [2.24, 2.45) is 10.2 Å². The maximum Gasteiger partial charge on any atom is 0.301 e. The minimum absolute atomic E-state index is 0.0774. The fraction of sp³-hybridized carbons (Fsp3) is 0.160. The van der Waals surface area contributed by atoms with Gasteiger partial charge >= 0.3 is 5.91 Å². The largest absolute Gasteiger partial charge is 0.505 e. The molecule has 0 saturated heterocycles. The summed E-state index contributed by atoms with van der Waals surface area (Å²) in [7, 11) is 0. The molecular formula is C25H22N4O2. The summed E-state index contributed by atoms with van der Waals surface area (Å²) in [6.45, 7) is 1.76. The van der Waals surface area contributed by atoms with Crippen molar-refractivity contribution in [3.63, 3.8) is 0 Å². The van der Waals surface area contributed by atoms with Crippen molar-refractivity contribution in [1.29, 1.82) is 0 Å². The molecule has 1 heterocycles. The molecule has 1 amide bonds. The summed E-state index contributed by atoms with van der Waals surface area (Å²) in [4.78, 5) is 13.0. The number of phenolic OH excluding ortho intramolecular Hbond substituents is 1. The van der Waals surface area contributed by atoms with E-state index in [0.717, 1.165) is 30.5 Å². The van der Waals surface area contributed by atoms with Crippen molar-refractivity contribution >= 4 is 28.7 Å². The molecule has 1 aliphatic heterocycles. The third-order valence-electron chi connectivity index (χ3n) is 5.72. The van der Waals surface area contributed by atoms with E-state index in [-0.39, 0.29) is 17.4 Å². The number of amides is 1. The standard InChI is InChI=1S/C25H22N4O2/c1-16-23(25(31)29(28-16)20-14-13-17-9-5-10-19(17)15-20)27-26-22-12-6-11-21(24(22)30)18-7-3-2-4-8-18/h2-4,6-8,11-15,26,30H,5,9-10H2,1H3/b27-23-. The number of fused-ring (bicyclic) bond motifs is 1. The van der Waals surface area contributed by atoms with Gasteiger partial charge in [-0.1, -0.05) is 48.5 Å². The van der Waals surface area contributed by atoms with Gasteiger partial charge in [-0.2, -0.15) is 15.2 Å². The van der Waals surface area contributed by atoms with Crippen molar-refractivity contribution < 1.29 is 9.90 Å². The molecule has 2 aliphatic rings. The van der Waals surface area contributed by atoms with Crippen LogP contribution in [0.15, 0.2) is 76.9 Å². The molecule has 0 atom stereocenters. The number of para-hydroxylation sites is 1. The van der Waals surface area contributed by atoms with E-state index < -0.39 is 0 Å². The molecule has 31 heavy (non-hydrogen) atoms. The first-order valence-corrected chi connectivity index (χ1v) is 10.3. The minimum Gasteiger partial charge on any atom is -0.505 e. The van der Waals surface area contributed by atoms with E-state index in [9.17, 15) is 9.90 Å². The number of nitrogens with zero attached hydrogens (tertiary/aromatic N) is 3. The van der Waals surface area contributed by atoms with E-state index in [0.29, 0.717) is 17.0 Å². The molecule has 3 aromatic carbocycles. The van der Waals surface area contributed by atoms with Crippen LogP contribution in [0, 0.1) is 0 Å². The third-order valence-corrected chi connectivity index (χ3v) is 5.72. The quantitative estimate of drug-likeness (QED) is 0.482. The number of aryl methyl sites for hydroxylation is 2. The van der Waals surface area contributed by atoms with Crippen LogP contribution in [0.3, 0.4) is 0 Å². The summed E-state index contributed by atoms with van der Waals surface area (Å²) < 4.78 is 0. The van der Waals surface area contributed by atoms with Gasteiger partial charge < -0.3 is 5.11 Å². The van der Waals surface area contributed by atoms with Gasteiger partial charge in [-0.15, -0.1) is 0 Å². The zero-order valence-corrected chi connectivity index (χ0v) is 17.2. The van der Waals surface area contributed by atoms with Crippen LogP contribution in [-0.2, 0) is 17.6 Å². The Hall–Kier alpha value is -3.93. The Labute approximate surface area is 180 Å². The zero-order chi connectivity index (χ0) is 21.4. The van der Waals surface area contributed by atoms with E-state index in [4.69, 9.17) is 0 Å². The van der Waals surface area contributed by atoms with Crippen LogP contribution in [0.5, 0.6) is 5.75 Å². The highest BCUT2D eigenvalue weighted by Crippen LogP contribution is 2.35. The van der Waals surface area contributed by atoms with E-state index in [1.165, 1.54) is 16.1 Å². The Morgan fingerprint density at radius 3 is 2.65 bits per heavy atom. The smallest absolute Gasteiger partial charge is 0.301 e. The first-order valence-electron chi connectivity index (χ1n) is 10.3. The van der Waals surface area contributed by atoms with Crippen molar-refractivity contribution in [3.8, 4) is 16.9 Å². The van der Waals surface area contributed by atoms with Gasteiger partial charge in [-0.05, 0) is 61.1 Å².